The summed E-state index contributed by atoms with van der Waals surface area (Å²) in [5, 5.41) is 6.31. The molecule has 0 spiro atoms. The third-order valence-electron chi connectivity index (χ3n) is 0.955. The lowest BCUT2D eigenvalue weighted by molar-refractivity contribution is 0.174. The van der Waals surface area contributed by atoms with Crippen LogP contribution in [0.1, 0.15) is 5.82 Å². The maximum Gasteiger partial charge on any atom is 0.321 e. The van der Waals surface area contributed by atoms with Gasteiger partial charge in [-0.3, -0.25) is 0 Å². The third-order valence-corrected chi connectivity index (χ3v) is 0.955. The first-order chi connectivity index (χ1) is 4.86. The Kier molecular flexibility index (Phi) is 4.56. The number of ether oxygens (including phenoxy) is 1. The van der Waals surface area contributed by atoms with Gasteiger partial charge in [0.05, 0.1) is 0 Å². The first-order valence-electron chi connectivity index (χ1n) is 2.86. The lowest BCUT2D eigenvalue weighted by atomic mass is 10.7. The van der Waals surface area contributed by atoms with Crippen LogP contribution >= 0.6 is 12.4 Å². The van der Waals surface area contributed by atoms with Crippen LogP contribution in [0.5, 0.6) is 0 Å². The van der Waals surface area contributed by atoms with Crippen molar-refractivity contribution in [3.8, 4) is 0 Å². The average Bonchev–Trinajstić information content (AvgIpc) is 2.37. The molecule has 0 atom stereocenters. The molecule has 1 aromatic rings. The second-order valence-electron chi connectivity index (χ2n) is 1.70. The predicted octanol–water partition coefficient (Wildman–Crippen LogP) is 0.679. The number of aromatic nitrogens is 2. The van der Waals surface area contributed by atoms with Gasteiger partial charge in [-0.25, -0.2) is 0 Å². The summed E-state index contributed by atoms with van der Waals surface area (Å²) < 4.78 is 9.49. The van der Waals surface area contributed by atoms with Crippen molar-refractivity contribution in [2.45, 2.75) is 6.61 Å². The van der Waals surface area contributed by atoms with Gasteiger partial charge in [0.2, 0.25) is 0 Å². The molecular weight excluding hydrogens is 170 g/mol. The maximum absolute atomic E-state index is 4.77. The molecular formula is C5H10ClN3O2. The molecule has 5 nitrogen and oxygen atoms in total. The Morgan fingerprint density at radius 1 is 1.64 bits per heavy atom. The van der Waals surface area contributed by atoms with E-state index >= 15 is 0 Å². The number of anilines is 1. The van der Waals surface area contributed by atoms with E-state index in [0.717, 1.165) is 0 Å². The molecule has 0 saturated carbocycles. The van der Waals surface area contributed by atoms with E-state index in [9.17, 15) is 0 Å². The fourth-order valence-corrected chi connectivity index (χ4v) is 0.543. The highest BCUT2D eigenvalue weighted by atomic mass is 35.5. The highest BCUT2D eigenvalue weighted by Crippen LogP contribution is 2.01. The van der Waals surface area contributed by atoms with E-state index in [-0.39, 0.29) is 12.4 Å². The van der Waals surface area contributed by atoms with Crippen molar-refractivity contribution in [3.63, 3.8) is 0 Å². The number of hydrogen-bond acceptors (Lipinski definition) is 5. The third kappa shape index (κ3) is 2.73. The van der Waals surface area contributed by atoms with Crippen LogP contribution in [0.4, 0.5) is 6.01 Å². The molecule has 1 heterocycles. The normalized spacial score (nSPS) is 8.91. The van der Waals surface area contributed by atoms with Gasteiger partial charge in [-0.15, -0.1) is 12.4 Å². The Balaban J connectivity index is 0.000001000. The molecule has 0 bridgehead atoms. The fraction of sp³-hybridized carbons (Fsp3) is 0.600. The van der Waals surface area contributed by atoms with Crippen molar-refractivity contribution in [1.82, 2.24) is 10.1 Å². The summed E-state index contributed by atoms with van der Waals surface area (Å²) in [5.74, 6) is 0.548. The van der Waals surface area contributed by atoms with Crippen molar-refractivity contribution < 1.29 is 9.26 Å². The average molecular weight is 180 g/mol. The number of methoxy groups -OCH3 is 1. The van der Waals surface area contributed by atoms with Crippen molar-refractivity contribution >= 4 is 18.4 Å². The minimum absolute atomic E-state index is 0. The lowest BCUT2D eigenvalue weighted by Gasteiger charge is -1.86. The first-order valence-corrected chi connectivity index (χ1v) is 2.86. The summed E-state index contributed by atoms with van der Waals surface area (Å²) in [4.78, 5) is 3.90. The molecule has 0 saturated heterocycles. The highest BCUT2D eigenvalue weighted by molar-refractivity contribution is 5.85. The van der Waals surface area contributed by atoms with Crippen LogP contribution in [0, 0.1) is 0 Å². The Hall–Kier alpha value is -0.810. The molecule has 0 fully saturated rings. The van der Waals surface area contributed by atoms with Crippen molar-refractivity contribution in [3.05, 3.63) is 5.82 Å². The van der Waals surface area contributed by atoms with Gasteiger partial charge in [0, 0.05) is 14.2 Å². The number of rotatable bonds is 3. The molecule has 0 aliphatic carbocycles. The standard InChI is InChI=1S/C5H9N3O2.ClH/c1-6-5-7-4(3-9-2)8-10-5;/h3H2,1-2H3,(H,6,7,8);1H. The Bertz CT molecular complexity index is 203. The second-order valence-corrected chi connectivity index (χ2v) is 1.70. The summed E-state index contributed by atoms with van der Waals surface area (Å²) in [6.07, 6.45) is 0. The summed E-state index contributed by atoms with van der Waals surface area (Å²) in [5.41, 5.74) is 0. The summed E-state index contributed by atoms with van der Waals surface area (Å²) in [7, 11) is 3.29. The number of nitrogens with zero attached hydrogens (tertiary/aromatic N) is 2. The zero-order chi connectivity index (χ0) is 7.40. The highest BCUT2D eigenvalue weighted by Gasteiger charge is 2.01. The van der Waals surface area contributed by atoms with Crippen LogP contribution in [0.25, 0.3) is 0 Å². The molecule has 0 radical (unpaired) electrons. The van der Waals surface area contributed by atoms with Crippen LogP contribution in [0.2, 0.25) is 0 Å². The topological polar surface area (TPSA) is 60.2 Å². The molecule has 6 heteroatoms. The van der Waals surface area contributed by atoms with E-state index < -0.39 is 0 Å². The monoisotopic (exact) mass is 179 g/mol. The van der Waals surface area contributed by atoms with Gasteiger partial charge in [-0.1, -0.05) is 5.16 Å². The quantitative estimate of drug-likeness (QED) is 0.740. The molecule has 0 aliphatic heterocycles. The zero-order valence-electron chi connectivity index (χ0n) is 6.33. The predicted molar refractivity (Wildman–Crippen MR) is 41.8 cm³/mol. The fourth-order valence-electron chi connectivity index (χ4n) is 0.543. The van der Waals surface area contributed by atoms with Crippen LogP contribution in [-0.2, 0) is 11.3 Å². The minimum Gasteiger partial charge on any atom is -0.377 e. The summed E-state index contributed by atoms with van der Waals surface area (Å²) in [6, 6.07) is 0.409. The molecule has 1 aromatic heterocycles. The van der Waals surface area contributed by atoms with E-state index in [0.29, 0.717) is 18.4 Å². The summed E-state index contributed by atoms with van der Waals surface area (Å²) >= 11 is 0. The van der Waals surface area contributed by atoms with E-state index in [2.05, 4.69) is 15.5 Å². The van der Waals surface area contributed by atoms with Crippen LogP contribution in [0.15, 0.2) is 4.52 Å². The number of halogens is 1. The van der Waals surface area contributed by atoms with Gasteiger partial charge in [0.15, 0.2) is 5.82 Å². The molecule has 11 heavy (non-hydrogen) atoms. The summed E-state index contributed by atoms with van der Waals surface area (Å²) in [6.45, 7) is 0.380. The molecule has 0 amide bonds. The molecule has 0 aliphatic rings. The second kappa shape index (κ2) is 4.92. The van der Waals surface area contributed by atoms with Crippen molar-refractivity contribution in [1.29, 1.82) is 0 Å². The van der Waals surface area contributed by atoms with Gasteiger partial charge in [-0.2, -0.15) is 4.98 Å². The van der Waals surface area contributed by atoms with E-state index in [4.69, 9.17) is 9.26 Å². The smallest absolute Gasteiger partial charge is 0.321 e. The SMILES string of the molecule is CNc1nc(COC)no1.Cl. The van der Waals surface area contributed by atoms with Gasteiger partial charge < -0.3 is 14.6 Å². The van der Waals surface area contributed by atoms with Gasteiger partial charge >= 0.3 is 6.01 Å². The first kappa shape index (κ1) is 10.2. The van der Waals surface area contributed by atoms with Crippen LogP contribution < -0.4 is 5.32 Å². The zero-order valence-corrected chi connectivity index (χ0v) is 7.14. The molecule has 1 N–H and O–H groups in total. The van der Waals surface area contributed by atoms with E-state index in [1.807, 2.05) is 0 Å². The van der Waals surface area contributed by atoms with Crippen molar-refractivity contribution in [2.75, 3.05) is 19.5 Å². The number of nitrogens with one attached hydrogen (secondary N) is 1. The molecule has 0 unspecified atom stereocenters. The van der Waals surface area contributed by atoms with E-state index in [1.54, 1.807) is 14.2 Å². The van der Waals surface area contributed by atoms with Gasteiger partial charge in [-0.05, 0) is 0 Å². The van der Waals surface area contributed by atoms with Gasteiger partial charge in [0.25, 0.3) is 0 Å². The Labute approximate surface area is 70.5 Å². The Morgan fingerprint density at radius 2 is 2.36 bits per heavy atom. The minimum atomic E-state index is 0. The Morgan fingerprint density at radius 3 is 2.82 bits per heavy atom. The van der Waals surface area contributed by atoms with Gasteiger partial charge in [0.1, 0.15) is 6.61 Å². The number of hydrogen-bond donors (Lipinski definition) is 1. The largest absolute Gasteiger partial charge is 0.377 e. The van der Waals surface area contributed by atoms with E-state index in [1.165, 1.54) is 0 Å². The van der Waals surface area contributed by atoms with Crippen LogP contribution in [0.3, 0.4) is 0 Å². The maximum atomic E-state index is 4.77. The van der Waals surface area contributed by atoms with Crippen LogP contribution in [-0.4, -0.2) is 24.3 Å². The van der Waals surface area contributed by atoms with Crippen molar-refractivity contribution in [2.24, 2.45) is 0 Å². The molecule has 1 rings (SSSR count). The molecule has 0 aromatic carbocycles. The molecule has 64 valence electrons. The lowest BCUT2D eigenvalue weighted by Crippen LogP contribution is -1.91.